The zero-order chi connectivity index (χ0) is 6.41. The molecular formula is C6H5CoO. The Hall–Kier alpha value is -0.344. The Labute approximate surface area is 57.1 Å². The van der Waals surface area contributed by atoms with Gasteiger partial charge in [0.25, 0.3) is 6.79 Å². The molecule has 0 saturated heterocycles. The molecule has 0 unspecified atom stereocenters. The maximum absolute atomic E-state index is 7.50. The van der Waals surface area contributed by atoms with Crippen LogP contribution in [0.15, 0.2) is 22.7 Å². The van der Waals surface area contributed by atoms with Gasteiger partial charge < -0.3 is 0 Å². The fourth-order valence-electron chi connectivity index (χ4n) is 0.412. The first-order valence-corrected chi connectivity index (χ1v) is 2.61. The topological polar surface area (TPSA) is 17.1 Å². The molecule has 0 atom stereocenters. The van der Waals surface area contributed by atoms with Crippen molar-refractivity contribution in [1.82, 2.24) is 0 Å². The number of allylic oxidation sites excluding steroid dienone is 4. The molecule has 0 spiro atoms. The molecule has 0 N–H and O–H groups in total. The van der Waals surface area contributed by atoms with Crippen LogP contribution in [0.2, 0.25) is 0 Å². The minimum absolute atomic E-state index is 1.03. The summed E-state index contributed by atoms with van der Waals surface area (Å²) in [4.78, 5) is 7.50. The van der Waals surface area contributed by atoms with Crippen molar-refractivity contribution in [2.45, 2.75) is 6.42 Å². The van der Waals surface area contributed by atoms with Crippen LogP contribution in [0.1, 0.15) is 6.42 Å². The molecule has 0 amide bonds. The zero-order valence-electron chi connectivity index (χ0n) is 4.18. The third-order valence-corrected chi connectivity index (χ3v) is 1.10. The summed E-state index contributed by atoms with van der Waals surface area (Å²) in [6, 6.07) is 0. The van der Waals surface area contributed by atoms with E-state index in [0.29, 0.717) is 0 Å². The van der Waals surface area contributed by atoms with Gasteiger partial charge in [-0.3, -0.25) is 4.79 Å². The molecule has 1 nitrogen and oxygen atoms in total. The Balaban J connectivity index is 0.000000222. The quantitative estimate of drug-likeness (QED) is 0.505. The van der Waals surface area contributed by atoms with Gasteiger partial charge in [0.15, 0.2) is 0 Å². The van der Waals surface area contributed by atoms with Crippen molar-refractivity contribution in [3.8, 4) is 0 Å². The molecule has 44 valence electrons. The van der Waals surface area contributed by atoms with E-state index < -0.39 is 0 Å². The van der Waals surface area contributed by atoms with Crippen LogP contribution in [-0.4, -0.2) is 6.79 Å². The van der Waals surface area contributed by atoms with E-state index in [9.17, 15) is 0 Å². The molecule has 0 bridgehead atoms. The SMILES string of the molecule is [C]=O.[Co][C]1=CC=CC1. The van der Waals surface area contributed by atoms with E-state index in [-0.39, 0.29) is 0 Å². The molecule has 2 heteroatoms. The summed E-state index contributed by atoms with van der Waals surface area (Å²) in [5.74, 6) is 0. The summed E-state index contributed by atoms with van der Waals surface area (Å²) in [7, 11) is 0. The molecule has 0 saturated carbocycles. The van der Waals surface area contributed by atoms with E-state index in [1.54, 1.807) is 0 Å². The van der Waals surface area contributed by atoms with Gasteiger partial charge in [-0.1, -0.05) is 0 Å². The Morgan fingerprint density at radius 3 is 2.38 bits per heavy atom. The normalized spacial score (nSPS) is 14.5. The second-order valence-corrected chi connectivity index (χ2v) is 1.89. The van der Waals surface area contributed by atoms with Crippen molar-refractivity contribution in [2.75, 3.05) is 0 Å². The van der Waals surface area contributed by atoms with E-state index in [1.165, 1.54) is 0 Å². The molecule has 1 rings (SSSR count). The maximum atomic E-state index is 7.50. The molecule has 0 aromatic carbocycles. The van der Waals surface area contributed by atoms with E-state index in [0.717, 1.165) is 10.9 Å². The zero-order valence-corrected chi connectivity index (χ0v) is 5.22. The molecule has 0 aromatic rings. The Kier molecular flexibility index (Phi) is 4.60. The minimum atomic E-state index is 1.03. The predicted octanol–water partition coefficient (Wildman–Crippen LogP) is 0.980. The second kappa shape index (κ2) is 4.81. The van der Waals surface area contributed by atoms with Crippen LogP contribution in [0, 0.1) is 0 Å². The van der Waals surface area contributed by atoms with Gasteiger partial charge in [0.05, 0.1) is 0 Å². The first-order valence-electron chi connectivity index (χ1n) is 2.09. The van der Waals surface area contributed by atoms with Gasteiger partial charge in [-0.25, -0.2) is 0 Å². The van der Waals surface area contributed by atoms with E-state index in [1.807, 2.05) is 12.2 Å². The second-order valence-electron chi connectivity index (χ2n) is 1.22. The molecule has 8 heavy (non-hydrogen) atoms. The third-order valence-electron chi connectivity index (χ3n) is 0.709. The van der Waals surface area contributed by atoms with Crippen molar-refractivity contribution >= 4 is 6.79 Å². The van der Waals surface area contributed by atoms with Crippen LogP contribution in [0.25, 0.3) is 0 Å². The fraction of sp³-hybridized carbons (Fsp3) is 0.167. The van der Waals surface area contributed by atoms with Gasteiger partial charge in [-0.05, 0) is 0 Å². The Morgan fingerprint density at radius 2 is 2.25 bits per heavy atom. The van der Waals surface area contributed by atoms with Crippen LogP contribution in [0.3, 0.4) is 0 Å². The molecule has 0 fully saturated rings. The number of carbonyl (C=O) groups excluding carboxylic acids is 1. The molecular weight excluding hydrogens is 147 g/mol. The van der Waals surface area contributed by atoms with Crippen LogP contribution < -0.4 is 0 Å². The van der Waals surface area contributed by atoms with E-state index >= 15 is 0 Å². The molecule has 0 aromatic heterocycles. The molecule has 1 aliphatic rings. The molecule has 0 heterocycles. The van der Waals surface area contributed by atoms with Gasteiger partial charge in [0, 0.05) is 0 Å². The van der Waals surface area contributed by atoms with Gasteiger partial charge in [-0.15, -0.1) is 0 Å². The summed E-state index contributed by atoms with van der Waals surface area (Å²) in [5.41, 5.74) is 0. The Morgan fingerprint density at radius 1 is 1.62 bits per heavy atom. The predicted molar refractivity (Wildman–Crippen MR) is 27.5 cm³/mol. The van der Waals surface area contributed by atoms with E-state index in [4.69, 9.17) is 4.79 Å². The number of hydrogen-bond acceptors (Lipinski definition) is 1. The summed E-state index contributed by atoms with van der Waals surface area (Å²) < 4.78 is 1.16. The monoisotopic (exact) mass is 152 g/mol. The fourth-order valence-corrected chi connectivity index (χ4v) is 0.634. The van der Waals surface area contributed by atoms with Crippen molar-refractivity contribution in [1.29, 1.82) is 0 Å². The third kappa shape index (κ3) is 2.77. The van der Waals surface area contributed by atoms with Gasteiger partial charge in [0.2, 0.25) is 0 Å². The van der Waals surface area contributed by atoms with Gasteiger partial charge in [0.1, 0.15) is 0 Å². The first kappa shape index (κ1) is 7.66. The number of rotatable bonds is 0. The van der Waals surface area contributed by atoms with Crippen LogP contribution >= 0.6 is 0 Å². The van der Waals surface area contributed by atoms with Gasteiger partial charge >= 0.3 is 44.9 Å². The van der Waals surface area contributed by atoms with Crippen molar-refractivity contribution in [3.63, 3.8) is 0 Å². The summed E-state index contributed by atoms with van der Waals surface area (Å²) in [6.07, 6.45) is 7.13. The summed E-state index contributed by atoms with van der Waals surface area (Å²) in [5, 5.41) is 0. The number of hydrogen-bond donors (Lipinski definition) is 0. The van der Waals surface area contributed by atoms with Crippen LogP contribution in [-0.2, 0) is 20.5 Å². The van der Waals surface area contributed by atoms with Crippen molar-refractivity contribution in [2.24, 2.45) is 0 Å². The molecule has 0 aliphatic heterocycles. The Bertz CT molecular complexity index is 116. The summed E-state index contributed by atoms with van der Waals surface area (Å²) in [6.45, 7) is 4.50. The van der Waals surface area contributed by atoms with Crippen molar-refractivity contribution < 1.29 is 20.5 Å². The van der Waals surface area contributed by atoms with Crippen LogP contribution in [0.4, 0.5) is 0 Å². The average molecular weight is 152 g/mol. The van der Waals surface area contributed by atoms with Crippen LogP contribution in [0.5, 0.6) is 0 Å². The molecule has 1 aliphatic carbocycles. The van der Waals surface area contributed by atoms with E-state index in [2.05, 4.69) is 28.6 Å². The van der Waals surface area contributed by atoms with Gasteiger partial charge in [-0.2, -0.15) is 0 Å². The standard InChI is InChI=1S/C5H5.CO.Co/c1-2-4-5-3-1;1-2;/h1-3H,4H2;;. The molecule has 2 radical (unpaired) electrons. The average Bonchev–Trinajstić information content (AvgIpc) is 2.24. The van der Waals surface area contributed by atoms with Crippen molar-refractivity contribution in [3.05, 3.63) is 22.7 Å². The first-order chi connectivity index (χ1) is 3.89. The summed E-state index contributed by atoms with van der Waals surface area (Å²) >= 11 is 4.14.